The van der Waals surface area contributed by atoms with E-state index in [1.807, 2.05) is 0 Å². The summed E-state index contributed by atoms with van der Waals surface area (Å²) in [5.41, 5.74) is 4.08. The molecule has 0 saturated heterocycles. The minimum atomic E-state index is -2.32. The van der Waals surface area contributed by atoms with Gasteiger partial charge in [0, 0.05) is 0 Å². The number of hydrogen-bond acceptors (Lipinski definition) is 1. The summed E-state index contributed by atoms with van der Waals surface area (Å²) in [6.45, 7) is 0. The van der Waals surface area contributed by atoms with E-state index in [1.54, 1.807) is 0 Å². The average Bonchev–Trinajstić information content (AvgIpc) is 1.60. The molecule has 0 radical (unpaired) electrons. The molecule has 0 aromatic heterocycles. The smallest absolute Gasteiger partial charge is 0.256 e. The zero-order chi connectivity index (χ0) is 6.20. The van der Waals surface area contributed by atoms with E-state index in [-0.39, 0.29) is 12.4 Å². The summed E-state index contributed by atoms with van der Waals surface area (Å²) in [7, 11) is 0. The number of halogens is 3. The van der Waals surface area contributed by atoms with E-state index < -0.39 is 12.0 Å². The Morgan fingerprint density at radius 1 is 1.33 bits per heavy atom. The molecule has 1 aliphatic rings. The van der Waals surface area contributed by atoms with E-state index >= 15 is 0 Å². The van der Waals surface area contributed by atoms with Gasteiger partial charge in [-0.1, -0.05) is 0 Å². The van der Waals surface area contributed by atoms with E-state index in [2.05, 4.69) is 0 Å². The molecular formula is C5H10ClF2N. The SMILES string of the molecule is Cl.NC1(C(F)F)CCC1. The lowest BCUT2D eigenvalue weighted by Crippen LogP contribution is -2.52. The maximum atomic E-state index is 11.7. The van der Waals surface area contributed by atoms with E-state index in [1.165, 1.54) is 0 Å². The Morgan fingerprint density at radius 2 is 1.78 bits per heavy atom. The molecule has 0 aliphatic heterocycles. The Morgan fingerprint density at radius 3 is 1.78 bits per heavy atom. The molecule has 1 aliphatic carbocycles. The van der Waals surface area contributed by atoms with Gasteiger partial charge in [0.1, 0.15) is 0 Å². The molecule has 0 amide bonds. The molecule has 1 rings (SSSR count). The van der Waals surface area contributed by atoms with Gasteiger partial charge in [-0.3, -0.25) is 0 Å². The Bertz CT molecular complexity index is 93.0. The van der Waals surface area contributed by atoms with Crippen molar-refractivity contribution in [2.24, 2.45) is 5.73 Å². The first kappa shape index (κ1) is 9.11. The predicted molar refractivity (Wildman–Crippen MR) is 34.0 cm³/mol. The van der Waals surface area contributed by atoms with Crippen molar-refractivity contribution in [3.63, 3.8) is 0 Å². The molecule has 0 bridgehead atoms. The van der Waals surface area contributed by atoms with E-state index in [4.69, 9.17) is 5.73 Å². The molecule has 1 nitrogen and oxygen atoms in total. The number of rotatable bonds is 1. The van der Waals surface area contributed by atoms with Gasteiger partial charge < -0.3 is 5.73 Å². The van der Waals surface area contributed by atoms with E-state index in [9.17, 15) is 8.78 Å². The first-order valence-electron chi connectivity index (χ1n) is 2.72. The van der Waals surface area contributed by atoms with Gasteiger partial charge in [0.05, 0.1) is 5.54 Å². The van der Waals surface area contributed by atoms with E-state index in [0.29, 0.717) is 12.8 Å². The monoisotopic (exact) mass is 157 g/mol. The van der Waals surface area contributed by atoms with Crippen molar-refractivity contribution in [3.8, 4) is 0 Å². The summed E-state index contributed by atoms with van der Waals surface area (Å²) in [6, 6.07) is 0. The van der Waals surface area contributed by atoms with Crippen LogP contribution < -0.4 is 5.73 Å². The molecule has 0 aromatic carbocycles. The maximum Gasteiger partial charge on any atom is 0.256 e. The first-order valence-corrected chi connectivity index (χ1v) is 2.72. The van der Waals surface area contributed by atoms with Crippen LogP contribution in [0.3, 0.4) is 0 Å². The lowest BCUT2D eigenvalue weighted by atomic mass is 9.78. The minimum absolute atomic E-state index is 0. The molecule has 56 valence electrons. The van der Waals surface area contributed by atoms with Crippen LogP contribution in [0.15, 0.2) is 0 Å². The molecule has 1 fully saturated rings. The highest BCUT2D eigenvalue weighted by Gasteiger charge is 2.41. The predicted octanol–water partition coefficient (Wildman–Crippen LogP) is 1.55. The molecule has 0 aromatic rings. The van der Waals surface area contributed by atoms with Crippen molar-refractivity contribution in [1.29, 1.82) is 0 Å². The van der Waals surface area contributed by atoms with Gasteiger partial charge in [-0.2, -0.15) is 0 Å². The summed E-state index contributed by atoms with van der Waals surface area (Å²) >= 11 is 0. The van der Waals surface area contributed by atoms with Crippen molar-refractivity contribution in [1.82, 2.24) is 0 Å². The van der Waals surface area contributed by atoms with Crippen LogP contribution in [0.1, 0.15) is 19.3 Å². The van der Waals surface area contributed by atoms with Crippen molar-refractivity contribution in [2.75, 3.05) is 0 Å². The van der Waals surface area contributed by atoms with Crippen LogP contribution in [0, 0.1) is 0 Å². The summed E-state index contributed by atoms with van der Waals surface area (Å²) in [6.07, 6.45) is -0.479. The van der Waals surface area contributed by atoms with Gasteiger partial charge in [-0.15, -0.1) is 12.4 Å². The number of hydrogen-bond donors (Lipinski definition) is 1. The molecule has 0 heterocycles. The zero-order valence-corrected chi connectivity index (χ0v) is 5.76. The van der Waals surface area contributed by atoms with Crippen molar-refractivity contribution in [2.45, 2.75) is 31.2 Å². The maximum absolute atomic E-state index is 11.7. The topological polar surface area (TPSA) is 26.0 Å². The quantitative estimate of drug-likeness (QED) is 0.614. The van der Waals surface area contributed by atoms with E-state index in [0.717, 1.165) is 6.42 Å². The van der Waals surface area contributed by atoms with Crippen LogP contribution in [0.4, 0.5) is 8.78 Å². The highest BCUT2D eigenvalue weighted by atomic mass is 35.5. The third kappa shape index (κ3) is 1.52. The summed E-state index contributed by atoms with van der Waals surface area (Å²) < 4.78 is 23.5. The molecule has 9 heavy (non-hydrogen) atoms. The second-order valence-electron chi connectivity index (χ2n) is 2.39. The fourth-order valence-corrected chi connectivity index (χ4v) is 0.803. The van der Waals surface area contributed by atoms with Crippen LogP contribution >= 0.6 is 12.4 Å². The fraction of sp³-hybridized carbons (Fsp3) is 1.00. The second-order valence-corrected chi connectivity index (χ2v) is 2.39. The highest BCUT2D eigenvalue weighted by Crippen LogP contribution is 2.34. The van der Waals surface area contributed by atoms with Crippen molar-refractivity contribution >= 4 is 12.4 Å². The lowest BCUT2D eigenvalue weighted by Gasteiger charge is -2.36. The number of nitrogens with two attached hydrogens (primary N) is 1. The summed E-state index contributed by atoms with van der Waals surface area (Å²) in [5, 5.41) is 0. The highest BCUT2D eigenvalue weighted by molar-refractivity contribution is 5.85. The van der Waals surface area contributed by atoms with Crippen LogP contribution in [0.2, 0.25) is 0 Å². The third-order valence-corrected chi connectivity index (χ3v) is 1.72. The van der Waals surface area contributed by atoms with Crippen LogP contribution in [-0.2, 0) is 0 Å². The Hall–Kier alpha value is 0.110. The molecule has 0 unspecified atom stereocenters. The fourth-order valence-electron chi connectivity index (χ4n) is 0.803. The standard InChI is InChI=1S/C5H9F2N.ClH/c6-4(7)5(8)2-1-3-5;/h4H,1-3,8H2;1H. The lowest BCUT2D eigenvalue weighted by molar-refractivity contribution is 0.00787. The van der Waals surface area contributed by atoms with Gasteiger partial charge in [0.15, 0.2) is 0 Å². The summed E-state index contributed by atoms with van der Waals surface area (Å²) in [4.78, 5) is 0. The minimum Gasteiger partial charge on any atom is -0.320 e. The van der Waals surface area contributed by atoms with Crippen LogP contribution in [-0.4, -0.2) is 12.0 Å². The number of alkyl halides is 2. The molecule has 0 spiro atoms. The second kappa shape index (κ2) is 2.80. The van der Waals surface area contributed by atoms with Crippen LogP contribution in [0.5, 0.6) is 0 Å². The van der Waals surface area contributed by atoms with Gasteiger partial charge in [0.25, 0.3) is 6.43 Å². The average molecular weight is 158 g/mol. The first-order chi connectivity index (χ1) is 3.65. The van der Waals surface area contributed by atoms with Crippen LogP contribution in [0.25, 0.3) is 0 Å². The van der Waals surface area contributed by atoms with Gasteiger partial charge in [-0.25, -0.2) is 8.78 Å². The molecule has 4 heteroatoms. The molecule has 0 atom stereocenters. The molecular weight excluding hydrogens is 148 g/mol. The Kier molecular flexibility index (Phi) is 2.83. The zero-order valence-electron chi connectivity index (χ0n) is 4.94. The Balaban J connectivity index is 0.000000640. The van der Waals surface area contributed by atoms with Gasteiger partial charge >= 0.3 is 0 Å². The molecule has 2 N–H and O–H groups in total. The van der Waals surface area contributed by atoms with Crippen molar-refractivity contribution in [3.05, 3.63) is 0 Å². The third-order valence-electron chi connectivity index (χ3n) is 1.72. The normalized spacial score (nSPS) is 22.7. The van der Waals surface area contributed by atoms with Gasteiger partial charge in [0.2, 0.25) is 0 Å². The molecule has 1 saturated carbocycles. The van der Waals surface area contributed by atoms with Crippen molar-refractivity contribution < 1.29 is 8.78 Å². The van der Waals surface area contributed by atoms with Gasteiger partial charge in [-0.05, 0) is 19.3 Å². The summed E-state index contributed by atoms with van der Waals surface area (Å²) in [5.74, 6) is 0. The Labute approximate surface area is 59.0 Å². The largest absolute Gasteiger partial charge is 0.320 e.